The zero-order valence-corrected chi connectivity index (χ0v) is 4.99. The summed E-state index contributed by atoms with van der Waals surface area (Å²) >= 11 is 0. The number of rotatable bonds is 0. The molecule has 2 nitrogen and oxygen atoms in total. The third kappa shape index (κ3) is 7.42. The lowest BCUT2D eigenvalue weighted by atomic mass is 10.5. The SMILES string of the molecule is CC(=O)C(F)(F)F.CO. The molecule has 0 aliphatic heterocycles. The van der Waals surface area contributed by atoms with Crippen LogP contribution < -0.4 is 0 Å². The first-order chi connectivity index (χ1) is 3.94. The van der Waals surface area contributed by atoms with Crippen molar-refractivity contribution in [2.75, 3.05) is 7.11 Å². The Bertz CT molecular complexity index is 86.3. The Morgan fingerprint density at radius 2 is 1.44 bits per heavy atom. The summed E-state index contributed by atoms with van der Waals surface area (Å²) < 4.78 is 32.5. The van der Waals surface area contributed by atoms with Gasteiger partial charge in [-0.1, -0.05) is 0 Å². The number of carbonyl (C=O) groups is 1. The number of halogens is 3. The lowest BCUT2D eigenvalue weighted by Crippen LogP contribution is -2.18. The lowest BCUT2D eigenvalue weighted by Gasteiger charge is -1.95. The van der Waals surface area contributed by atoms with Gasteiger partial charge in [-0.15, -0.1) is 0 Å². The van der Waals surface area contributed by atoms with Crippen LogP contribution in [0.15, 0.2) is 0 Å². The monoisotopic (exact) mass is 144 g/mol. The highest BCUT2D eigenvalue weighted by atomic mass is 19.4. The van der Waals surface area contributed by atoms with Gasteiger partial charge in [-0.05, 0) is 0 Å². The van der Waals surface area contributed by atoms with Crippen LogP contribution in [-0.2, 0) is 4.79 Å². The van der Waals surface area contributed by atoms with Gasteiger partial charge in [0.15, 0.2) is 0 Å². The molecule has 0 aromatic carbocycles. The fraction of sp³-hybridized carbons (Fsp3) is 0.750. The molecule has 0 radical (unpaired) electrons. The number of hydrogen-bond acceptors (Lipinski definition) is 2. The van der Waals surface area contributed by atoms with Gasteiger partial charge >= 0.3 is 6.18 Å². The number of aliphatic hydroxyl groups is 1. The van der Waals surface area contributed by atoms with Crippen molar-refractivity contribution in [3.05, 3.63) is 0 Å². The van der Waals surface area contributed by atoms with Gasteiger partial charge < -0.3 is 5.11 Å². The second-order valence-electron chi connectivity index (χ2n) is 1.05. The zero-order valence-electron chi connectivity index (χ0n) is 4.99. The average molecular weight is 144 g/mol. The normalized spacial score (nSPS) is 9.56. The molecule has 56 valence electrons. The maximum atomic E-state index is 10.8. The molecule has 0 heterocycles. The number of hydrogen-bond donors (Lipinski definition) is 1. The summed E-state index contributed by atoms with van der Waals surface area (Å²) in [6.45, 7) is 0.486. The van der Waals surface area contributed by atoms with Crippen LogP contribution in [0.2, 0.25) is 0 Å². The molecular weight excluding hydrogens is 137 g/mol. The predicted octanol–water partition coefficient (Wildman–Crippen LogP) is 0.746. The molecule has 0 aliphatic carbocycles. The van der Waals surface area contributed by atoms with Crippen molar-refractivity contribution < 1.29 is 23.1 Å². The summed E-state index contributed by atoms with van der Waals surface area (Å²) in [5.74, 6) is -1.76. The van der Waals surface area contributed by atoms with Crippen LogP contribution >= 0.6 is 0 Å². The Hall–Kier alpha value is -0.580. The maximum absolute atomic E-state index is 10.8. The largest absolute Gasteiger partial charge is 0.449 e. The summed E-state index contributed by atoms with van der Waals surface area (Å²) in [7, 11) is 1.00. The summed E-state index contributed by atoms with van der Waals surface area (Å²) in [5, 5.41) is 7.00. The number of Topliss-reactive ketones (excluding diaryl/α,β-unsaturated/α-hetero) is 1. The first-order valence-electron chi connectivity index (χ1n) is 1.97. The third-order valence-corrected chi connectivity index (χ3v) is 0.399. The molecular formula is C4H7F3O2. The van der Waals surface area contributed by atoms with E-state index in [1.165, 1.54) is 0 Å². The van der Waals surface area contributed by atoms with Crippen molar-refractivity contribution in [1.29, 1.82) is 0 Å². The Kier molecular flexibility index (Phi) is 5.39. The van der Waals surface area contributed by atoms with Crippen molar-refractivity contribution in [2.24, 2.45) is 0 Å². The minimum atomic E-state index is -4.64. The Balaban J connectivity index is 0. The molecule has 0 fully saturated rings. The Labute approximate surface area is 50.3 Å². The van der Waals surface area contributed by atoms with Crippen LogP contribution in [0.25, 0.3) is 0 Å². The van der Waals surface area contributed by atoms with E-state index in [0.717, 1.165) is 7.11 Å². The first-order valence-corrected chi connectivity index (χ1v) is 1.97. The summed E-state index contributed by atoms with van der Waals surface area (Å²) in [6, 6.07) is 0. The minimum absolute atomic E-state index is 0.486. The second-order valence-corrected chi connectivity index (χ2v) is 1.05. The van der Waals surface area contributed by atoms with E-state index in [1.54, 1.807) is 0 Å². The van der Waals surface area contributed by atoms with Crippen LogP contribution in [0.1, 0.15) is 6.92 Å². The van der Waals surface area contributed by atoms with Crippen LogP contribution in [0.4, 0.5) is 13.2 Å². The third-order valence-electron chi connectivity index (χ3n) is 0.399. The Morgan fingerprint density at radius 1 is 1.33 bits per heavy atom. The highest BCUT2D eigenvalue weighted by Crippen LogP contribution is 2.14. The van der Waals surface area contributed by atoms with Crippen molar-refractivity contribution in [3.8, 4) is 0 Å². The minimum Gasteiger partial charge on any atom is -0.400 e. The number of carbonyl (C=O) groups excluding carboxylic acids is 1. The van der Waals surface area contributed by atoms with E-state index in [0.29, 0.717) is 6.92 Å². The van der Waals surface area contributed by atoms with Gasteiger partial charge in [-0.2, -0.15) is 13.2 Å². The van der Waals surface area contributed by atoms with Gasteiger partial charge in [-0.3, -0.25) is 4.79 Å². The molecule has 0 aliphatic rings. The quantitative estimate of drug-likeness (QED) is 0.544. The summed E-state index contributed by atoms with van der Waals surface area (Å²) in [5.41, 5.74) is 0. The lowest BCUT2D eigenvalue weighted by molar-refractivity contribution is -0.168. The van der Waals surface area contributed by atoms with Crippen LogP contribution in [0.3, 0.4) is 0 Å². The van der Waals surface area contributed by atoms with E-state index in [9.17, 15) is 18.0 Å². The van der Waals surface area contributed by atoms with Crippen LogP contribution in [0.5, 0.6) is 0 Å². The number of alkyl halides is 3. The standard InChI is InChI=1S/C3H3F3O.CH4O/c1-2(7)3(4,5)6;1-2/h1H3;2H,1H3. The predicted molar refractivity (Wildman–Crippen MR) is 24.9 cm³/mol. The average Bonchev–Trinajstić information content (AvgIpc) is 1.69. The van der Waals surface area contributed by atoms with Gasteiger partial charge in [0.25, 0.3) is 0 Å². The molecule has 0 unspecified atom stereocenters. The first kappa shape index (κ1) is 11.2. The van der Waals surface area contributed by atoms with E-state index < -0.39 is 12.0 Å². The van der Waals surface area contributed by atoms with Gasteiger partial charge in [0.05, 0.1) is 0 Å². The van der Waals surface area contributed by atoms with E-state index in [2.05, 4.69) is 0 Å². The van der Waals surface area contributed by atoms with E-state index in [-0.39, 0.29) is 0 Å². The van der Waals surface area contributed by atoms with Crippen molar-refractivity contribution in [1.82, 2.24) is 0 Å². The molecule has 0 saturated carbocycles. The smallest absolute Gasteiger partial charge is 0.400 e. The molecule has 0 aromatic rings. The molecule has 0 rings (SSSR count). The summed E-state index contributed by atoms with van der Waals surface area (Å²) in [6.07, 6.45) is -4.64. The van der Waals surface area contributed by atoms with Gasteiger partial charge in [0.2, 0.25) is 5.78 Å². The Morgan fingerprint density at radius 3 is 1.44 bits per heavy atom. The molecule has 0 saturated heterocycles. The molecule has 0 aromatic heterocycles. The van der Waals surface area contributed by atoms with Crippen molar-refractivity contribution in [2.45, 2.75) is 13.1 Å². The van der Waals surface area contributed by atoms with Crippen LogP contribution in [0, 0.1) is 0 Å². The number of ketones is 1. The van der Waals surface area contributed by atoms with E-state index in [1.807, 2.05) is 0 Å². The highest BCUT2D eigenvalue weighted by Gasteiger charge is 2.33. The molecule has 0 spiro atoms. The highest BCUT2D eigenvalue weighted by molar-refractivity contribution is 5.81. The molecule has 1 N–H and O–H groups in total. The van der Waals surface area contributed by atoms with Crippen molar-refractivity contribution in [3.63, 3.8) is 0 Å². The zero-order chi connectivity index (χ0) is 8.08. The summed E-state index contributed by atoms with van der Waals surface area (Å²) in [4.78, 5) is 9.34. The van der Waals surface area contributed by atoms with Gasteiger partial charge in [0, 0.05) is 14.0 Å². The fourth-order valence-electron chi connectivity index (χ4n) is 0. The second kappa shape index (κ2) is 4.31. The topological polar surface area (TPSA) is 37.3 Å². The molecule has 9 heavy (non-hydrogen) atoms. The van der Waals surface area contributed by atoms with Gasteiger partial charge in [0.1, 0.15) is 0 Å². The number of aliphatic hydroxyl groups excluding tert-OH is 1. The van der Waals surface area contributed by atoms with Crippen molar-refractivity contribution >= 4 is 5.78 Å². The van der Waals surface area contributed by atoms with E-state index >= 15 is 0 Å². The maximum Gasteiger partial charge on any atom is 0.449 e. The fourth-order valence-corrected chi connectivity index (χ4v) is 0. The molecule has 0 amide bonds. The van der Waals surface area contributed by atoms with E-state index in [4.69, 9.17) is 5.11 Å². The molecule has 0 atom stereocenters. The van der Waals surface area contributed by atoms with Gasteiger partial charge in [-0.25, -0.2) is 0 Å². The van der Waals surface area contributed by atoms with Crippen LogP contribution in [-0.4, -0.2) is 24.2 Å². The molecule has 5 heteroatoms. The molecule has 0 bridgehead atoms.